The number of ketones is 1. The number of likely N-dealkylation sites (tertiary alicyclic amines) is 2. The van der Waals surface area contributed by atoms with E-state index in [1.807, 2.05) is 36.0 Å². The lowest BCUT2D eigenvalue weighted by Crippen LogP contribution is -2.56. The van der Waals surface area contributed by atoms with Crippen molar-refractivity contribution in [2.75, 3.05) is 40.3 Å². The minimum atomic E-state index is -0.395. The number of likely N-dealkylation sites (N-methyl/N-ethyl adjacent to an activating group) is 2. The molecule has 0 bridgehead atoms. The second-order valence-corrected chi connectivity index (χ2v) is 14.1. The SMILES string of the molecule is CC(=O)C1(N2CCC(N(C)C(=O)N3CCC(N(C)C(=O)c4ccc(-c5ccc(F)cc5)s4)C3)C2)CCC(C)(C)CC1. The molecule has 1 aliphatic carbocycles. The van der Waals surface area contributed by atoms with Crippen LogP contribution < -0.4 is 0 Å². The normalized spacial score (nSPS) is 23.9. The Labute approximate surface area is 247 Å². The summed E-state index contributed by atoms with van der Waals surface area (Å²) in [5.41, 5.74) is 0.764. The van der Waals surface area contributed by atoms with E-state index in [2.05, 4.69) is 18.7 Å². The van der Waals surface area contributed by atoms with Gasteiger partial charge in [-0.25, -0.2) is 9.18 Å². The Hall–Kier alpha value is -2.78. The average molecular weight is 583 g/mol. The van der Waals surface area contributed by atoms with Crippen LogP contribution in [0.1, 0.15) is 69.0 Å². The molecule has 0 N–H and O–H groups in total. The zero-order chi connectivity index (χ0) is 29.5. The van der Waals surface area contributed by atoms with Crippen molar-refractivity contribution in [1.82, 2.24) is 19.6 Å². The Balaban J connectivity index is 1.17. The minimum Gasteiger partial charge on any atom is -0.336 e. The lowest BCUT2D eigenvalue weighted by atomic mass is 9.67. The second-order valence-electron chi connectivity index (χ2n) is 13.0. The van der Waals surface area contributed by atoms with Gasteiger partial charge in [-0.05, 0) is 80.7 Å². The molecule has 1 aromatic heterocycles. The lowest BCUT2D eigenvalue weighted by molar-refractivity contribution is -0.132. The third kappa shape index (κ3) is 5.93. The molecule has 41 heavy (non-hydrogen) atoms. The third-order valence-electron chi connectivity index (χ3n) is 9.95. The monoisotopic (exact) mass is 582 g/mol. The summed E-state index contributed by atoms with van der Waals surface area (Å²) in [6.07, 6.45) is 5.47. The molecule has 9 heteroatoms. The van der Waals surface area contributed by atoms with Crippen molar-refractivity contribution in [3.63, 3.8) is 0 Å². The second kappa shape index (κ2) is 11.5. The number of carbonyl (C=O) groups excluding carboxylic acids is 3. The van der Waals surface area contributed by atoms with Crippen LogP contribution in [-0.2, 0) is 4.79 Å². The van der Waals surface area contributed by atoms with E-state index in [-0.39, 0.29) is 41.0 Å². The summed E-state index contributed by atoms with van der Waals surface area (Å²) < 4.78 is 13.3. The van der Waals surface area contributed by atoms with Crippen molar-refractivity contribution in [3.05, 3.63) is 47.1 Å². The van der Waals surface area contributed by atoms with Gasteiger partial charge >= 0.3 is 6.03 Å². The van der Waals surface area contributed by atoms with Crippen LogP contribution in [0, 0.1) is 11.2 Å². The standard InChI is InChI=1S/C32H43FN4O3S/c1-22(38)32(16-14-31(2,3)15-17-32)37-19-13-26(21-37)35(5)30(40)36-18-12-25(20-36)34(4)29(39)28-11-10-27(41-28)23-6-8-24(33)9-7-23/h6-11,25-26H,12-21H2,1-5H3. The summed E-state index contributed by atoms with van der Waals surface area (Å²) in [5, 5.41) is 0. The Morgan fingerprint density at radius 2 is 1.51 bits per heavy atom. The van der Waals surface area contributed by atoms with E-state index in [0.717, 1.165) is 62.1 Å². The number of thiophene rings is 1. The molecule has 7 nitrogen and oxygen atoms in total. The largest absolute Gasteiger partial charge is 0.336 e. The van der Waals surface area contributed by atoms with Crippen LogP contribution in [0.25, 0.3) is 10.4 Å². The highest BCUT2D eigenvalue weighted by atomic mass is 32.1. The van der Waals surface area contributed by atoms with Gasteiger partial charge in [0.25, 0.3) is 5.91 Å². The Kier molecular flexibility index (Phi) is 8.32. The highest BCUT2D eigenvalue weighted by molar-refractivity contribution is 7.17. The van der Waals surface area contributed by atoms with E-state index in [9.17, 15) is 18.8 Å². The summed E-state index contributed by atoms with van der Waals surface area (Å²) in [4.78, 5) is 49.1. The quantitative estimate of drug-likeness (QED) is 0.435. The predicted octanol–water partition coefficient (Wildman–Crippen LogP) is 5.75. The number of hydrogen-bond donors (Lipinski definition) is 0. The summed E-state index contributed by atoms with van der Waals surface area (Å²) in [6.45, 7) is 8.99. The number of nitrogens with zero attached hydrogens (tertiary/aromatic N) is 4. The number of carbonyl (C=O) groups is 3. The van der Waals surface area contributed by atoms with Crippen LogP contribution in [0.2, 0.25) is 0 Å². The van der Waals surface area contributed by atoms with Crippen LogP contribution in [0.3, 0.4) is 0 Å². The van der Waals surface area contributed by atoms with Crippen LogP contribution in [-0.4, -0.2) is 95.2 Å². The minimum absolute atomic E-state index is 0.00317. The number of Topliss-reactive ketones (excluding diaryl/α,β-unsaturated/α-hetero) is 1. The van der Waals surface area contributed by atoms with Crippen LogP contribution >= 0.6 is 11.3 Å². The molecule has 2 aromatic rings. The molecule has 2 saturated heterocycles. The molecule has 222 valence electrons. The molecule has 2 aliphatic heterocycles. The first-order valence-corrected chi connectivity index (χ1v) is 15.6. The van der Waals surface area contributed by atoms with Gasteiger partial charge in [0, 0.05) is 51.2 Å². The molecule has 3 aliphatic rings. The molecule has 5 rings (SSSR count). The zero-order valence-electron chi connectivity index (χ0n) is 25.0. The van der Waals surface area contributed by atoms with E-state index >= 15 is 0 Å². The molecular formula is C32H43FN4O3S. The molecule has 0 radical (unpaired) electrons. The number of urea groups is 1. The van der Waals surface area contributed by atoms with Crippen molar-refractivity contribution in [3.8, 4) is 10.4 Å². The average Bonchev–Trinajstić information content (AvgIpc) is 3.73. The maximum Gasteiger partial charge on any atom is 0.320 e. The van der Waals surface area contributed by atoms with Gasteiger partial charge in [0.1, 0.15) is 11.6 Å². The van der Waals surface area contributed by atoms with Gasteiger partial charge in [-0.1, -0.05) is 26.0 Å². The maximum atomic E-state index is 13.5. The smallest absolute Gasteiger partial charge is 0.320 e. The Morgan fingerprint density at radius 1 is 0.878 bits per heavy atom. The predicted molar refractivity (Wildman–Crippen MR) is 161 cm³/mol. The van der Waals surface area contributed by atoms with E-state index in [1.54, 1.807) is 24.0 Å². The maximum absolute atomic E-state index is 13.5. The number of benzene rings is 1. The van der Waals surface area contributed by atoms with Crippen molar-refractivity contribution >= 4 is 29.1 Å². The molecule has 0 spiro atoms. The summed E-state index contributed by atoms with van der Waals surface area (Å²) in [5.74, 6) is -0.0909. The molecule has 2 atom stereocenters. The van der Waals surface area contributed by atoms with Crippen molar-refractivity contribution in [2.24, 2.45) is 5.41 Å². The summed E-state index contributed by atoms with van der Waals surface area (Å²) in [6, 6.07) is 10.0. The number of hydrogen-bond acceptors (Lipinski definition) is 5. The van der Waals surface area contributed by atoms with Crippen LogP contribution in [0.5, 0.6) is 0 Å². The fourth-order valence-corrected chi connectivity index (χ4v) is 7.85. The van der Waals surface area contributed by atoms with Gasteiger partial charge < -0.3 is 14.7 Å². The van der Waals surface area contributed by atoms with E-state index in [4.69, 9.17) is 0 Å². The first kappa shape index (κ1) is 29.7. The molecule has 2 unspecified atom stereocenters. The van der Waals surface area contributed by atoms with Crippen molar-refractivity contribution in [1.29, 1.82) is 0 Å². The van der Waals surface area contributed by atoms with Gasteiger partial charge in [-0.3, -0.25) is 14.5 Å². The number of halogens is 1. The first-order chi connectivity index (χ1) is 19.4. The fourth-order valence-electron chi connectivity index (χ4n) is 6.85. The van der Waals surface area contributed by atoms with Crippen molar-refractivity contribution < 1.29 is 18.8 Å². The van der Waals surface area contributed by atoms with Crippen molar-refractivity contribution in [2.45, 2.75) is 76.9 Å². The third-order valence-corrected chi connectivity index (χ3v) is 11.1. The molecule has 1 saturated carbocycles. The lowest BCUT2D eigenvalue weighted by Gasteiger charge is -2.47. The van der Waals surface area contributed by atoms with Crippen LogP contribution in [0.15, 0.2) is 36.4 Å². The van der Waals surface area contributed by atoms with Gasteiger partial charge in [0.05, 0.1) is 16.5 Å². The van der Waals surface area contributed by atoms with E-state index < -0.39 is 5.54 Å². The summed E-state index contributed by atoms with van der Waals surface area (Å²) >= 11 is 1.40. The van der Waals surface area contributed by atoms with Gasteiger partial charge in [-0.2, -0.15) is 0 Å². The van der Waals surface area contributed by atoms with Gasteiger partial charge in [0.15, 0.2) is 0 Å². The molecule has 3 amide bonds. The summed E-state index contributed by atoms with van der Waals surface area (Å²) in [7, 11) is 3.69. The highest BCUT2D eigenvalue weighted by Gasteiger charge is 2.49. The Bertz CT molecular complexity index is 1280. The van der Waals surface area contributed by atoms with Gasteiger partial charge in [0.2, 0.25) is 0 Å². The molecular weight excluding hydrogens is 539 g/mol. The topological polar surface area (TPSA) is 64.2 Å². The van der Waals surface area contributed by atoms with Gasteiger partial charge in [-0.15, -0.1) is 11.3 Å². The van der Waals surface area contributed by atoms with E-state index in [1.165, 1.54) is 23.5 Å². The highest BCUT2D eigenvalue weighted by Crippen LogP contribution is 2.45. The number of amides is 3. The zero-order valence-corrected chi connectivity index (χ0v) is 25.8. The number of rotatable bonds is 6. The van der Waals surface area contributed by atoms with E-state index in [0.29, 0.717) is 18.0 Å². The Morgan fingerprint density at radius 3 is 2.17 bits per heavy atom. The molecule has 3 fully saturated rings. The first-order valence-electron chi connectivity index (χ1n) is 14.8. The molecule has 3 heterocycles. The van der Waals surface area contributed by atoms with Crippen LogP contribution in [0.4, 0.5) is 9.18 Å². The molecule has 1 aromatic carbocycles. The fraction of sp³-hybridized carbons (Fsp3) is 0.594.